The number of benzene rings is 1. The molecule has 2 heterocycles. The van der Waals surface area contributed by atoms with E-state index in [-0.39, 0.29) is 30.7 Å². The number of likely N-dealkylation sites (tertiary alicyclic amines) is 1. The molecule has 1 aromatic carbocycles. The van der Waals surface area contributed by atoms with Gasteiger partial charge in [-0.05, 0) is 25.8 Å². The van der Waals surface area contributed by atoms with Gasteiger partial charge in [-0.15, -0.1) is 0 Å². The number of primary amides is 1. The summed E-state index contributed by atoms with van der Waals surface area (Å²) in [4.78, 5) is 37.8. The highest BCUT2D eigenvalue weighted by Gasteiger charge is 2.28. The Hall–Kier alpha value is -2.87. The van der Waals surface area contributed by atoms with Crippen molar-refractivity contribution in [2.24, 2.45) is 11.7 Å². The van der Waals surface area contributed by atoms with Crippen LogP contribution >= 0.6 is 0 Å². The molecule has 8 heteroatoms. The van der Waals surface area contributed by atoms with Crippen LogP contribution in [-0.2, 0) is 25.7 Å². The average molecular weight is 388 g/mol. The number of para-hydroxylation sites is 1. The van der Waals surface area contributed by atoms with Crippen molar-refractivity contribution in [1.29, 1.82) is 0 Å². The van der Waals surface area contributed by atoms with Crippen molar-refractivity contribution in [3.8, 4) is 0 Å². The number of fused-ring (bicyclic) bond motifs is 1. The van der Waals surface area contributed by atoms with Crippen LogP contribution in [0.5, 0.6) is 0 Å². The molecular formula is C20H24N2O6. The molecule has 1 aromatic heterocycles. The number of nitrogens with zero attached hydrogens (tertiary/aromatic N) is 1. The van der Waals surface area contributed by atoms with Crippen molar-refractivity contribution in [1.82, 2.24) is 4.90 Å². The van der Waals surface area contributed by atoms with Crippen molar-refractivity contribution in [3.05, 3.63) is 35.6 Å². The summed E-state index contributed by atoms with van der Waals surface area (Å²) in [6, 6.07) is 7.25. The molecule has 1 fully saturated rings. The molecular weight excluding hydrogens is 364 g/mol. The summed E-state index contributed by atoms with van der Waals surface area (Å²) in [7, 11) is 0. The zero-order chi connectivity index (χ0) is 20.1. The van der Waals surface area contributed by atoms with Crippen molar-refractivity contribution < 1.29 is 28.3 Å². The first-order valence-electron chi connectivity index (χ1n) is 9.33. The maximum Gasteiger partial charge on any atom is 0.375 e. The van der Waals surface area contributed by atoms with E-state index in [2.05, 4.69) is 0 Å². The molecule has 0 bridgehead atoms. The second-order valence-electron chi connectivity index (χ2n) is 6.70. The largest absolute Gasteiger partial charge is 0.450 e. The monoisotopic (exact) mass is 388 g/mol. The predicted octanol–water partition coefficient (Wildman–Crippen LogP) is 1.85. The molecule has 8 nitrogen and oxygen atoms in total. The van der Waals surface area contributed by atoms with Crippen LogP contribution in [0, 0.1) is 5.92 Å². The van der Waals surface area contributed by atoms with Gasteiger partial charge in [0.25, 0.3) is 5.91 Å². The first-order valence-corrected chi connectivity index (χ1v) is 9.33. The van der Waals surface area contributed by atoms with E-state index in [1.807, 2.05) is 19.1 Å². The fourth-order valence-corrected chi connectivity index (χ4v) is 3.33. The summed E-state index contributed by atoms with van der Waals surface area (Å²) >= 11 is 0. The second kappa shape index (κ2) is 8.88. The number of ether oxygens (including phenoxy) is 2. The van der Waals surface area contributed by atoms with Crippen molar-refractivity contribution >= 4 is 28.8 Å². The number of hydrogen-bond donors (Lipinski definition) is 1. The molecule has 1 saturated heterocycles. The highest BCUT2D eigenvalue weighted by molar-refractivity contribution is 5.97. The van der Waals surface area contributed by atoms with E-state index in [1.54, 1.807) is 12.1 Å². The van der Waals surface area contributed by atoms with Gasteiger partial charge < -0.3 is 24.5 Å². The summed E-state index contributed by atoms with van der Waals surface area (Å²) < 4.78 is 16.3. The molecule has 150 valence electrons. The maximum absolute atomic E-state index is 12.5. The summed E-state index contributed by atoms with van der Waals surface area (Å²) in [6.45, 7) is 2.90. The first kappa shape index (κ1) is 19.9. The SMILES string of the molecule is CCOCc1c(C(=O)OCC(=O)N2CCC[C@@H](C(N)=O)C2)oc2ccccc12. The topological polar surface area (TPSA) is 112 Å². The number of esters is 1. The summed E-state index contributed by atoms with van der Waals surface area (Å²) in [5.74, 6) is -1.82. The van der Waals surface area contributed by atoms with Gasteiger partial charge in [-0.3, -0.25) is 9.59 Å². The van der Waals surface area contributed by atoms with Crippen LogP contribution < -0.4 is 5.73 Å². The number of furan rings is 1. The number of rotatable bonds is 7. The van der Waals surface area contributed by atoms with Crippen molar-refractivity contribution in [2.45, 2.75) is 26.4 Å². The zero-order valence-corrected chi connectivity index (χ0v) is 15.8. The molecule has 0 saturated carbocycles. The fourth-order valence-electron chi connectivity index (χ4n) is 3.33. The van der Waals surface area contributed by atoms with E-state index in [1.165, 1.54) is 4.90 Å². The normalized spacial score (nSPS) is 16.9. The molecule has 2 aromatic rings. The lowest BCUT2D eigenvalue weighted by atomic mass is 9.97. The van der Waals surface area contributed by atoms with Crippen LogP contribution in [0.4, 0.5) is 0 Å². The molecule has 0 radical (unpaired) electrons. The van der Waals surface area contributed by atoms with Crippen molar-refractivity contribution in [3.63, 3.8) is 0 Å². The van der Waals surface area contributed by atoms with Gasteiger partial charge in [0.1, 0.15) is 5.58 Å². The van der Waals surface area contributed by atoms with Gasteiger partial charge in [-0.1, -0.05) is 18.2 Å². The minimum atomic E-state index is -0.720. The van der Waals surface area contributed by atoms with Crippen LogP contribution in [-0.4, -0.2) is 49.0 Å². The molecule has 0 spiro atoms. The fraction of sp³-hybridized carbons (Fsp3) is 0.450. The van der Waals surface area contributed by atoms with E-state index >= 15 is 0 Å². The average Bonchev–Trinajstić information content (AvgIpc) is 3.09. The number of piperidine rings is 1. The molecule has 2 amide bonds. The summed E-state index contributed by atoms with van der Waals surface area (Å²) in [5, 5.41) is 0.773. The van der Waals surface area contributed by atoms with Crippen LogP contribution in [0.2, 0.25) is 0 Å². The highest BCUT2D eigenvalue weighted by atomic mass is 16.5. The van der Waals surface area contributed by atoms with E-state index < -0.39 is 18.5 Å². The van der Waals surface area contributed by atoms with Gasteiger partial charge in [0, 0.05) is 30.6 Å². The van der Waals surface area contributed by atoms with Crippen molar-refractivity contribution in [2.75, 3.05) is 26.3 Å². The van der Waals surface area contributed by atoms with Gasteiger partial charge in [0.2, 0.25) is 11.7 Å². The molecule has 1 aliphatic rings. The second-order valence-corrected chi connectivity index (χ2v) is 6.70. The third-order valence-corrected chi connectivity index (χ3v) is 4.84. The predicted molar refractivity (Wildman–Crippen MR) is 100 cm³/mol. The Bertz CT molecular complexity index is 875. The maximum atomic E-state index is 12.5. The minimum Gasteiger partial charge on any atom is -0.450 e. The number of amides is 2. The Labute approximate surface area is 162 Å². The van der Waals surface area contributed by atoms with E-state index in [9.17, 15) is 14.4 Å². The number of carbonyl (C=O) groups is 3. The van der Waals surface area contributed by atoms with Crippen LogP contribution in [0.15, 0.2) is 28.7 Å². The van der Waals surface area contributed by atoms with Gasteiger partial charge >= 0.3 is 5.97 Å². The Morgan fingerprint density at radius 3 is 2.82 bits per heavy atom. The Balaban J connectivity index is 1.67. The van der Waals surface area contributed by atoms with Gasteiger partial charge in [0.05, 0.1) is 12.5 Å². The smallest absolute Gasteiger partial charge is 0.375 e. The van der Waals surface area contributed by atoms with Gasteiger partial charge in [-0.2, -0.15) is 0 Å². The Morgan fingerprint density at radius 1 is 1.29 bits per heavy atom. The quantitative estimate of drug-likeness (QED) is 0.725. The Morgan fingerprint density at radius 2 is 2.07 bits per heavy atom. The standard InChI is InChI=1S/C20H24N2O6/c1-2-26-11-15-14-7-3-4-8-16(14)28-18(15)20(25)27-12-17(23)22-9-5-6-13(10-22)19(21)24/h3-4,7-8,13H,2,5-6,9-12H2,1H3,(H2,21,24)/t13-/m1/s1. The molecule has 0 aliphatic carbocycles. The van der Waals surface area contributed by atoms with E-state index in [0.717, 1.165) is 5.39 Å². The molecule has 3 rings (SSSR count). The number of nitrogens with two attached hydrogens (primary N) is 1. The molecule has 1 aliphatic heterocycles. The van der Waals surface area contributed by atoms with E-state index in [4.69, 9.17) is 19.6 Å². The van der Waals surface area contributed by atoms with Gasteiger partial charge in [0.15, 0.2) is 6.61 Å². The lowest BCUT2D eigenvalue weighted by Crippen LogP contribution is -2.45. The van der Waals surface area contributed by atoms with Crippen LogP contribution in [0.3, 0.4) is 0 Å². The lowest BCUT2D eigenvalue weighted by Gasteiger charge is -2.30. The Kier molecular flexibility index (Phi) is 6.30. The molecule has 1 atom stereocenters. The van der Waals surface area contributed by atoms with Crippen LogP contribution in [0.25, 0.3) is 11.0 Å². The first-order chi connectivity index (χ1) is 13.5. The third-order valence-electron chi connectivity index (χ3n) is 4.84. The van der Waals surface area contributed by atoms with Gasteiger partial charge in [-0.25, -0.2) is 4.79 Å². The number of carbonyl (C=O) groups excluding carboxylic acids is 3. The summed E-state index contributed by atoms with van der Waals surface area (Å²) in [5.41, 5.74) is 6.49. The highest BCUT2D eigenvalue weighted by Crippen LogP contribution is 2.27. The summed E-state index contributed by atoms with van der Waals surface area (Å²) in [6.07, 6.45) is 1.36. The third kappa shape index (κ3) is 4.33. The van der Waals surface area contributed by atoms with E-state index in [0.29, 0.717) is 37.1 Å². The molecule has 2 N–H and O–H groups in total. The minimum absolute atomic E-state index is 0.0381. The zero-order valence-electron chi connectivity index (χ0n) is 15.8. The lowest BCUT2D eigenvalue weighted by molar-refractivity contribution is -0.137. The molecule has 0 unspecified atom stereocenters. The van der Waals surface area contributed by atoms with Crippen LogP contribution in [0.1, 0.15) is 35.9 Å². The molecule has 28 heavy (non-hydrogen) atoms. The number of hydrogen-bond acceptors (Lipinski definition) is 6.